The first-order valence-electron chi connectivity index (χ1n) is 6.80. The van der Waals surface area contributed by atoms with Crippen LogP contribution in [0.2, 0.25) is 0 Å². The highest BCUT2D eigenvalue weighted by Crippen LogP contribution is 2.32. The molecule has 0 fully saturated rings. The molecule has 114 valence electrons. The summed E-state index contributed by atoms with van der Waals surface area (Å²) in [6.45, 7) is 2.17. The van der Waals surface area contributed by atoms with E-state index < -0.39 is 30.2 Å². The molecule has 0 radical (unpaired) electrons. The van der Waals surface area contributed by atoms with Crippen molar-refractivity contribution < 1.29 is 19.5 Å². The van der Waals surface area contributed by atoms with Crippen LogP contribution >= 0.6 is 11.3 Å². The summed E-state index contributed by atoms with van der Waals surface area (Å²) in [5, 5.41) is 11.4. The highest BCUT2D eigenvalue weighted by Gasteiger charge is 2.25. The van der Waals surface area contributed by atoms with Gasteiger partial charge in [-0.25, -0.2) is 4.79 Å². The smallest absolute Gasteiger partial charge is 0.326 e. The van der Waals surface area contributed by atoms with Gasteiger partial charge in [-0.3, -0.25) is 9.59 Å². The zero-order valence-electron chi connectivity index (χ0n) is 11.7. The van der Waals surface area contributed by atoms with Gasteiger partial charge in [0.1, 0.15) is 6.04 Å². The Balaban J connectivity index is 2.09. The van der Waals surface area contributed by atoms with Crippen LogP contribution in [0.5, 0.6) is 0 Å². The van der Waals surface area contributed by atoms with Gasteiger partial charge in [0.15, 0.2) is 0 Å². The van der Waals surface area contributed by atoms with Crippen molar-refractivity contribution in [1.82, 2.24) is 5.32 Å². The third-order valence-corrected chi connectivity index (χ3v) is 4.80. The topological polar surface area (TPSA) is 109 Å². The minimum Gasteiger partial charge on any atom is -0.480 e. The number of carboxylic acids is 1. The van der Waals surface area contributed by atoms with Gasteiger partial charge < -0.3 is 16.2 Å². The molecule has 0 spiro atoms. The van der Waals surface area contributed by atoms with Crippen LogP contribution in [-0.2, 0) is 22.4 Å². The van der Waals surface area contributed by atoms with Crippen molar-refractivity contribution >= 4 is 29.1 Å². The second-order valence-electron chi connectivity index (χ2n) is 5.44. The first-order valence-corrected chi connectivity index (χ1v) is 7.62. The van der Waals surface area contributed by atoms with Crippen LogP contribution in [0.15, 0.2) is 6.07 Å². The highest BCUT2D eigenvalue weighted by molar-refractivity contribution is 7.14. The Morgan fingerprint density at radius 1 is 1.52 bits per heavy atom. The zero-order valence-corrected chi connectivity index (χ0v) is 12.5. The molecule has 0 saturated carbocycles. The number of amides is 2. The van der Waals surface area contributed by atoms with E-state index in [1.165, 1.54) is 21.8 Å². The Labute approximate surface area is 126 Å². The third kappa shape index (κ3) is 3.81. The van der Waals surface area contributed by atoms with Crippen LogP contribution in [-0.4, -0.2) is 28.9 Å². The van der Waals surface area contributed by atoms with Crippen molar-refractivity contribution in [3.63, 3.8) is 0 Å². The fraction of sp³-hybridized carbons (Fsp3) is 0.500. The Kier molecular flexibility index (Phi) is 4.62. The molecule has 2 unspecified atom stereocenters. The highest BCUT2D eigenvalue weighted by atomic mass is 32.1. The average molecular weight is 310 g/mol. The van der Waals surface area contributed by atoms with Crippen molar-refractivity contribution in [1.29, 1.82) is 0 Å². The molecule has 1 aliphatic carbocycles. The number of aryl methyl sites for hydroxylation is 1. The van der Waals surface area contributed by atoms with E-state index in [4.69, 9.17) is 10.8 Å². The average Bonchev–Trinajstić information content (AvgIpc) is 2.80. The molecule has 2 rings (SSSR count). The maximum absolute atomic E-state index is 12.1. The number of thiophene rings is 1. The fourth-order valence-corrected chi connectivity index (χ4v) is 3.56. The molecule has 0 saturated heterocycles. The quantitative estimate of drug-likeness (QED) is 0.751. The molecule has 0 bridgehead atoms. The van der Waals surface area contributed by atoms with Gasteiger partial charge in [0, 0.05) is 4.88 Å². The number of carboxylic acid groups (broad SMARTS) is 1. The number of nitrogens with two attached hydrogens (primary N) is 1. The molecule has 1 aromatic heterocycles. The van der Waals surface area contributed by atoms with Gasteiger partial charge in [0.2, 0.25) is 5.91 Å². The van der Waals surface area contributed by atoms with E-state index in [2.05, 4.69) is 12.2 Å². The fourth-order valence-electron chi connectivity index (χ4n) is 2.45. The molecule has 0 aliphatic heterocycles. The number of carbonyl (C=O) groups is 3. The third-order valence-electron chi connectivity index (χ3n) is 3.56. The van der Waals surface area contributed by atoms with Crippen LogP contribution in [0.3, 0.4) is 0 Å². The zero-order chi connectivity index (χ0) is 15.6. The second-order valence-corrected chi connectivity index (χ2v) is 6.58. The standard InChI is InChI=1S/C14H18N2O4S/c1-7-2-3-10-8(4-7)5-11(21-10)13(18)16-9(14(19)20)6-12(15)17/h5,7,9H,2-4,6H2,1H3,(H2,15,17)(H,16,18)(H,19,20). The lowest BCUT2D eigenvalue weighted by atomic mass is 9.90. The van der Waals surface area contributed by atoms with Crippen molar-refractivity contribution in [2.75, 3.05) is 0 Å². The Morgan fingerprint density at radius 2 is 2.24 bits per heavy atom. The summed E-state index contributed by atoms with van der Waals surface area (Å²) >= 11 is 1.40. The monoisotopic (exact) mass is 310 g/mol. The van der Waals surface area contributed by atoms with E-state index >= 15 is 0 Å². The van der Waals surface area contributed by atoms with E-state index in [0.29, 0.717) is 10.8 Å². The molecular weight excluding hydrogens is 292 g/mol. The van der Waals surface area contributed by atoms with E-state index in [9.17, 15) is 14.4 Å². The number of nitrogens with one attached hydrogen (secondary N) is 1. The summed E-state index contributed by atoms with van der Waals surface area (Å²) < 4.78 is 0. The molecule has 2 amide bonds. The number of hydrogen-bond acceptors (Lipinski definition) is 4. The number of rotatable bonds is 5. The summed E-state index contributed by atoms with van der Waals surface area (Å²) in [5.41, 5.74) is 6.16. The number of primary amides is 1. The van der Waals surface area contributed by atoms with Crippen LogP contribution in [0, 0.1) is 5.92 Å². The Hall–Kier alpha value is -1.89. The van der Waals surface area contributed by atoms with Gasteiger partial charge >= 0.3 is 5.97 Å². The molecule has 1 aliphatic rings. The summed E-state index contributed by atoms with van der Waals surface area (Å²) in [5.74, 6) is -1.89. The Bertz CT molecular complexity index is 582. The first kappa shape index (κ1) is 15.5. The minimum absolute atomic E-state index is 0.413. The molecule has 21 heavy (non-hydrogen) atoms. The minimum atomic E-state index is -1.28. The van der Waals surface area contributed by atoms with E-state index in [0.717, 1.165) is 19.3 Å². The number of fused-ring (bicyclic) bond motifs is 1. The van der Waals surface area contributed by atoms with Gasteiger partial charge in [-0.2, -0.15) is 0 Å². The second kappa shape index (κ2) is 6.26. The van der Waals surface area contributed by atoms with Gasteiger partial charge in [0.05, 0.1) is 11.3 Å². The lowest BCUT2D eigenvalue weighted by Gasteiger charge is -2.16. The summed E-state index contributed by atoms with van der Waals surface area (Å²) in [7, 11) is 0. The molecule has 0 aromatic carbocycles. The lowest BCUT2D eigenvalue weighted by molar-refractivity contribution is -0.140. The molecule has 1 heterocycles. The molecule has 2 atom stereocenters. The van der Waals surface area contributed by atoms with Crippen LogP contribution < -0.4 is 11.1 Å². The van der Waals surface area contributed by atoms with E-state index in [1.807, 2.05) is 6.07 Å². The van der Waals surface area contributed by atoms with Crippen molar-refractivity contribution in [3.05, 3.63) is 21.4 Å². The summed E-state index contributed by atoms with van der Waals surface area (Å²) in [6, 6.07) is 0.543. The van der Waals surface area contributed by atoms with Gasteiger partial charge in [-0.15, -0.1) is 11.3 Å². The van der Waals surface area contributed by atoms with Crippen LogP contribution in [0.25, 0.3) is 0 Å². The van der Waals surface area contributed by atoms with E-state index in [-0.39, 0.29) is 0 Å². The van der Waals surface area contributed by atoms with Gasteiger partial charge in [-0.05, 0) is 36.8 Å². The SMILES string of the molecule is CC1CCc2sc(C(=O)NC(CC(N)=O)C(=O)O)cc2C1. The normalized spacial score (nSPS) is 18.6. The molecule has 6 nitrogen and oxygen atoms in total. The molecule has 7 heteroatoms. The van der Waals surface area contributed by atoms with E-state index in [1.54, 1.807) is 0 Å². The van der Waals surface area contributed by atoms with Crippen molar-refractivity contribution in [3.8, 4) is 0 Å². The lowest BCUT2D eigenvalue weighted by Crippen LogP contribution is -2.43. The molecule has 4 N–H and O–H groups in total. The van der Waals surface area contributed by atoms with Gasteiger partial charge in [-0.1, -0.05) is 6.92 Å². The van der Waals surface area contributed by atoms with Crippen LogP contribution in [0.1, 0.15) is 39.9 Å². The molecule has 1 aromatic rings. The summed E-state index contributed by atoms with van der Waals surface area (Å²) in [4.78, 5) is 35.7. The number of hydrogen-bond donors (Lipinski definition) is 3. The Morgan fingerprint density at radius 3 is 2.86 bits per heavy atom. The maximum Gasteiger partial charge on any atom is 0.326 e. The van der Waals surface area contributed by atoms with Crippen molar-refractivity contribution in [2.24, 2.45) is 11.7 Å². The number of aliphatic carboxylic acids is 1. The predicted octanol–water partition coefficient (Wildman–Crippen LogP) is 0.931. The van der Waals surface area contributed by atoms with Crippen LogP contribution in [0.4, 0.5) is 0 Å². The van der Waals surface area contributed by atoms with Crippen molar-refractivity contribution in [2.45, 2.75) is 38.6 Å². The summed E-state index contributed by atoms with van der Waals surface area (Å²) in [6.07, 6.45) is 2.60. The molecular formula is C14H18N2O4S. The number of carbonyl (C=O) groups excluding carboxylic acids is 2. The van der Waals surface area contributed by atoms with Gasteiger partial charge in [0.25, 0.3) is 5.91 Å². The predicted molar refractivity (Wildman–Crippen MR) is 78.2 cm³/mol. The maximum atomic E-state index is 12.1. The largest absolute Gasteiger partial charge is 0.480 e. The first-order chi connectivity index (χ1) is 9.86.